The van der Waals surface area contributed by atoms with Crippen LogP contribution < -0.4 is 4.74 Å². The molecule has 0 fully saturated rings. The van der Waals surface area contributed by atoms with E-state index in [0.29, 0.717) is 17.7 Å². The van der Waals surface area contributed by atoms with Crippen molar-refractivity contribution in [2.75, 3.05) is 0 Å². The van der Waals surface area contributed by atoms with Crippen LogP contribution in [-0.4, -0.2) is 0 Å². The monoisotopic (exact) mass is 359 g/mol. The van der Waals surface area contributed by atoms with Crippen LogP contribution in [0.15, 0.2) is 42.5 Å². The number of ether oxygens (including phenoxy) is 1. The molecule has 2 atom stereocenters. The standard InChI is InChI=1S/C21H23ClFNO/c1-3-15(12-13-24)14-16(4-2)18-10-11-19(22)21(20(18)23)25-17-8-6-5-7-9-17/h5-11,15-16H,3-4,12,14H2,1-2H3/t15?,16-/m0/s1. The quantitative estimate of drug-likeness (QED) is 0.503. The van der Waals surface area contributed by atoms with Gasteiger partial charge in [-0.2, -0.15) is 5.26 Å². The van der Waals surface area contributed by atoms with Crippen molar-refractivity contribution in [2.24, 2.45) is 5.92 Å². The Hall–Kier alpha value is -2.05. The molecule has 2 aromatic carbocycles. The van der Waals surface area contributed by atoms with E-state index >= 15 is 4.39 Å². The maximum atomic E-state index is 15.1. The summed E-state index contributed by atoms with van der Waals surface area (Å²) in [6, 6.07) is 14.7. The van der Waals surface area contributed by atoms with Crippen LogP contribution >= 0.6 is 11.6 Å². The van der Waals surface area contributed by atoms with Crippen LogP contribution in [0.3, 0.4) is 0 Å². The molecule has 0 amide bonds. The van der Waals surface area contributed by atoms with Gasteiger partial charge in [-0.1, -0.05) is 56.1 Å². The highest BCUT2D eigenvalue weighted by atomic mass is 35.5. The third-order valence-corrected chi connectivity index (χ3v) is 4.85. The van der Waals surface area contributed by atoms with Crippen molar-refractivity contribution >= 4 is 11.6 Å². The molecule has 2 nitrogen and oxygen atoms in total. The molecule has 0 aliphatic rings. The van der Waals surface area contributed by atoms with E-state index in [1.165, 1.54) is 0 Å². The summed E-state index contributed by atoms with van der Waals surface area (Å²) in [5.74, 6) is 0.508. The molecule has 0 saturated heterocycles. The van der Waals surface area contributed by atoms with Crippen LogP contribution in [0.4, 0.5) is 4.39 Å². The highest BCUT2D eigenvalue weighted by Crippen LogP contribution is 2.39. The smallest absolute Gasteiger partial charge is 0.181 e. The molecule has 4 heteroatoms. The summed E-state index contributed by atoms with van der Waals surface area (Å²) in [6.45, 7) is 4.10. The summed E-state index contributed by atoms with van der Waals surface area (Å²) in [5.41, 5.74) is 0.606. The van der Waals surface area contributed by atoms with Gasteiger partial charge in [0.1, 0.15) is 5.75 Å². The third kappa shape index (κ3) is 4.96. The van der Waals surface area contributed by atoms with Crippen molar-refractivity contribution in [2.45, 2.75) is 45.4 Å². The number of benzene rings is 2. The molecule has 0 aliphatic carbocycles. The van der Waals surface area contributed by atoms with Gasteiger partial charge in [0.2, 0.25) is 0 Å². The summed E-state index contributed by atoms with van der Waals surface area (Å²) in [4.78, 5) is 0. The van der Waals surface area contributed by atoms with Gasteiger partial charge in [0, 0.05) is 6.42 Å². The van der Waals surface area contributed by atoms with E-state index in [2.05, 4.69) is 13.0 Å². The fourth-order valence-corrected chi connectivity index (χ4v) is 3.19. The van der Waals surface area contributed by atoms with E-state index in [1.807, 2.05) is 25.1 Å². The Kier molecular flexibility index (Phi) is 7.28. The van der Waals surface area contributed by atoms with Gasteiger partial charge in [0.25, 0.3) is 0 Å². The zero-order valence-electron chi connectivity index (χ0n) is 14.6. The van der Waals surface area contributed by atoms with Crippen molar-refractivity contribution in [1.82, 2.24) is 0 Å². The van der Waals surface area contributed by atoms with Crippen molar-refractivity contribution < 1.29 is 9.13 Å². The molecule has 0 radical (unpaired) electrons. The number of halogens is 2. The van der Waals surface area contributed by atoms with Crippen LogP contribution in [0, 0.1) is 23.1 Å². The molecule has 25 heavy (non-hydrogen) atoms. The zero-order valence-corrected chi connectivity index (χ0v) is 15.4. The van der Waals surface area contributed by atoms with Gasteiger partial charge < -0.3 is 4.74 Å². The lowest BCUT2D eigenvalue weighted by Crippen LogP contribution is -2.09. The highest BCUT2D eigenvalue weighted by Gasteiger charge is 2.23. The second-order valence-electron chi connectivity index (χ2n) is 6.17. The first-order chi connectivity index (χ1) is 12.1. The topological polar surface area (TPSA) is 33.0 Å². The minimum atomic E-state index is -0.407. The van der Waals surface area contributed by atoms with Gasteiger partial charge in [-0.05, 0) is 48.4 Å². The summed E-state index contributed by atoms with van der Waals surface area (Å²) in [6.07, 6.45) is 2.98. The lowest BCUT2D eigenvalue weighted by Gasteiger charge is -2.22. The lowest BCUT2D eigenvalue weighted by atomic mass is 9.84. The maximum Gasteiger partial charge on any atom is 0.181 e. The molecule has 1 unspecified atom stereocenters. The molecule has 132 valence electrons. The number of nitrogens with zero attached hydrogens (tertiary/aromatic N) is 1. The molecular formula is C21H23ClFNO. The summed E-state index contributed by atoms with van der Waals surface area (Å²) >= 11 is 6.17. The Morgan fingerprint density at radius 1 is 1.12 bits per heavy atom. The van der Waals surface area contributed by atoms with E-state index in [0.717, 1.165) is 19.3 Å². The van der Waals surface area contributed by atoms with E-state index in [9.17, 15) is 0 Å². The second-order valence-corrected chi connectivity index (χ2v) is 6.58. The minimum absolute atomic E-state index is 0.0358. The first-order valence-corrected chi connectivity index (χ1v) is 9.06. The van der Waals surface area contributed by atoms with Gasteiger partial charge in [0.05, 0.1) is 11.1 Å². The minimum Gasteiger partial charge on any atom is -0.453 e. The van der Waals surface area contributed by atoms with Gasteiger partial charge in [-0.25, -0.2) is 4.39 Å². The Balaban J connectivity index is 2.31. The molecule has 0 aromatic heterocycles. The Morgan fingerprint density at radius 2 is 1.84 bits per heavy atom. The Labute approximate surface area is 154 Å². The predicted molar refractivity (Wildman–Crippen MR) is 99.6 cm³/mol. The average Bonchev–Trinajstić information content (AvgIpc) is 2.63. The van der Waals surface area contributed by atoms with Crippen molar-refractivity contribution in [1.29, 1.82) is 5.26 Å². The Morgan fingerprint density at radius 3 is 2.44 bits per heavy atom. The third-order valence-electron chi connectivity index (χ3n) is 4.55. The van der Waals surface area contributed by atoms with E-state index in [1.54, 1.807) is 24.3 Å². The van der Waals surface area contributed by atoms with Crippen molar-refractivity contribution in [3.63, 3.8) is 0 Å². The number of nitriles is 1. The maximum absolute atomic E-state index is 15.1. The van der Waals surface area contributed by atoms with E-state index in [4.69, 9.17) is 21.6 Å². The zero-order chi connectivity index (χ0) is 18.2. The largest absolute Gasteiger partial charge is 0.453 e. The molecule has 0 N–H and O–H groups in total. The fraction of sp³-hybridized carbons (Fsp3) is 0.381. The first-order valence-electron chi connectivity index (χ1n) is 8.68. The van der Waals surface area contributed by atoms with Crippen LogP contribution in [0.5, 0.6) is 11.5 Å². The molecule has 0 bridgehead atoms. The van der Waals surface area contributed by atoms with Crippen molar-refractivity contribution in [3.8, 4) is 17.6 Å². The van der Waals surface area contributed by atoms with Gasteiger partial charge in [0.15, 0.2) is 11.6 Å². The molecule has 0 spiro atoms. The molecule has 0 saturated carbocycles. The average molecular weight is 360 g/mol. The fourth-order valence-electron chi connectivity index (χ4n) is 3.00. The lowest BCUT2D eigenvalue weighted by molar-refractivity contribution is 0.400. The highest BCUT2D eigenvalue weighted by molar-refractivity contribution is 6.32. The van der Waals surface area contributed by atoms with Gasteiger partial charge in [-0.15, -0.1) is 0 Å². The van der Waals surface area contributed by atoms with Crippen LogP contribution in [0.2, 0.25) is 5.02 Å². The number of rotatable bonds is 8. The number of para-hydroxylation sites is 1. The SMILES string of the molecule is CCC(CC#N)C[C@H](CC)c1ccc(Cl)c(Oc2ccccc2)c1F. The predicted octanol–water partition coefficient (Wildman–Crippen LogP) is 7.09. The molecule has 0 aliphatic heterocycles. The normalized spacial score (nSPS) is 13.1. The molecule has 2 aromatic rings. The summed E-state index contributed by atoms with van der Waals surface area (Å²) in [7, 11) is 0. The van der Waals surface area contributed by atoms with Crippen LogP contribution in [0.25, 0.3) is 0 Å². The van der Waals surface area contributed by atoms with E-state index in [-0.39, 0.29) is 22.6 Å². The second kappa shape index (κ2) is 9.44. The molecular weight excluding hydrogens is 337 g/mol. The van der Waals surface area contributed by atoms with Gasteiger partial charge >= 0.3 is 0 Å². The van der Waals surface area contributed by atoms with E-state index < -0.39 is 5.82 Å². The Bertz CT molecular complexity index is 727. The van der Waals surface area contributed by atoms with Crippen LogP contribution in [-0.2, 0) is 0 Å². The van der Waals surface area contributed by atoms with Crippen LogP contribution in [0.1, 0.15) is 51.0 Å². The summed E-state index contributed by atoms with van der Waals surface area (Å²) < 4.78 is 20.8. The molecule has 0 heterocycles. The summed E-state index contributed by atoms with van der Waals surface area (Å²) in [5, 5.41) is 9.22. The number of hydrogen-bond donors (Lipinski definition) is 0. The first kappa shape index (κ1) is 19.3. The molecule has 2 rings (SSSR count). The number of hydrogen-bond acceptors (Lipinski definition) is 2. The van der Waals surface area contributed by atoms with Crippen molar-refractivity contribution in [3.05, 3.63) is 58.9 Å². The van der Waals surface area contributed by atoms with Gasteiger partial charge in [-0.3, -0.25) is 0 Å².